The molecule has 168 valence electrons. The summed E-state index contributed by atoms with van der Waals surface area (Å²) in [4.78, 5) is 16.7. The third kappa shape index (κ3) is 6.53. The van der Waals surface area contributed by atoms with Gasteiger partial charge in [-0.15, -0.1) is 0 Å². The van der Waals surface area contributed by atoms with Gasteiger partial charge in [0.2, 0.25) is 5.91 Å². The highest BCUT2D eigenvalue weighted by Crippen LogP contribution is 2.28. The fourth-order valence-electron chi connectivity index (χ4n) is 3.50. The van der Waals surface area contributed by atoms with Crippen molar-refractivity contribution in [1.29, 1.82) is 0 Å². The first kappa shape index (κ1) is 22.8. The monoisotopic (exact) mass is 435 g/mol. The highest BCUT2D eigenvalue weighted by Gasteiger charge is 2.20. The summed E-state index contributed by atoms with van der Waals surface area (Å²) in [7, 11) is 3.22. The second kappa shape index (κ2) is 10.9. The van der Waals surface area contributed by atoms with Crippen LogP contribution in [-0.4, -0.2) is 69.3 Å². The van der Waals surface area contributed by atoms with Crippen LogP contribution >= 0.6 is 0 Å². The summed E-state index contributed by atoms with van der Waals surface area (Å²) in [6, 6.07) is 12.0. The molecule has 0 radical (unpaired) electrons. The Hall–Kier alpha value is -2.91. The molecule has 1 heterocycles. The van der Waals surface area contributed by atoms with E-state index in [2.05, 4.69) is 15.0 Å². The number of nitrogens with zero attached hydrogens (tertiary/aromatic N) is 2. The van der Waals surface area contributed by atoms with Gasteiger partial charge in [-0.1, -0.05) is 18.2 Å². The Balaban J connectivity index is 1.48. The summed E-state index contributed by atoms with van der Waals surface area (Å²) in [5.74, 6) is 1.08. The minimum atomic E-state index is -2.95. The number of carbonyl (C=O) groups excluding carboxylic acids is 1. The predicted molar refractivity (Wildman–Crippen MR) is 113 cm³/mol. The predicted octanol–water partition coefficient (Wildman–Crippen LogP) is 3.06. The number of hydrogen-bond acceptors (Lipinski definition) is 6. The Morgan fingerprint density at radius 2 is 1.65 bits per heavy atom. The number of rotatable bonds is 9. The number of alkyl halides is 2. The molecule has 1 fully saturated rings. The number of carbonyl (C=O) groups is 1. The molecule has 1 aliphatic rings. The van der Waals surface area contributed by atoms with Gasteiger partial charge < -0.3 is 19.5 Å². The molecule has 31 heavy (non-hydrogen) atoms. The number of para-hydroxylation sites is 2. The van der Waals surface area contributed by atoms with E-state index >= 15 is 0 Å². The molecule has 3 rings (SSSR count). The first-order valence-electron chi connectivity index (χ1n) is 9.97. The number of anilines is 1. The van der Waals surface area contributed by atoms with Gasteiger partial charge in [-0.25, -0.2) is 0 Å². The summed E-state index contributed by atoms with van der Waals surface area (Å²) >= 11 is 0. The van der Waals surface area contributed by atoms with Gasteiger partial charge in [0, 0.05) is 32.7 Å². The molecule has 9 heteroatoms. The van der Waals surface area contributed by atoms with E-state index in [1.54, 1.807) is 26.4 Å². The van der Waals surface area contributed by atoms with Gasteiger partial charge >= 0.3 is 6.61 Å². The fraction of sp³-hybridized carbons (Fsp3) is 0.409. The van der Waals surface area contributed by atoms with Gasteiger partial charge in [-0.05, 0) is 29.8 Å². The smallest absolute Gasteiger partial charge is 0.387 e. The topological polar surface area (TPSA) is 63.3 Å². The van der Waals surface area contributed by atoms with Crippen molar-refractivity contribution in [2.45, 2.75) is 13.2 Å². The summed E-state index contributed by atoms with van der Waals surface area (Å²) in [6.45, 7) is 1.11. The SMILES string of the molecule is COc1ccc(CN2CCN(CC(=O)Nc3ccccc3OC(F)F)CC2)cc1OC. The number of benzene rings is 2. The zero-order valence-electron chi connectivity index (χ0n) is 17.6. The van der Waals surface area contributed by atoms with E-state index in [0.717, 1.165) is 38.3 Å². The van der Waals surface area contributed by atoms with E-state index in [-0.39, 0.29) is 23.9 Å². The largest absolute Gasteiger partial charge is 0.493 e. The zero-order valence-corrected chi connectivity index (χ0v) is 17.6. The molecular weight excluding hydrogens is 408 g/mol. The Bertz CT molecular complexity index is 874. The van der Waals surface area contributed by atoms with Gasteiger partial charge in [0.1, 0.15) is 5.75 Å². The van der Waals surface area contributed by atoms with Crippen LogP contribution in [0, 0.1) is 0 Å². The molecule has 1 N–H and O–H groups in total. The number of methoxy groups -OCH3 is 2. The maximum absolute atomic E-state index is 12.5. The summed E-state index contributed by atoms with van der Waals surface area (Å²) in [5, 5.41) is 2.66. The lowest BCUT2D eigenvalue weighted by Crippen LogP contribution is -2.48. The third-order valence-electron chi connectivity index (χ3n) is 5.06. The maximum Gasteiger partial charge on any atom is 0.387 e. The molecule has 1 amide bonds. The van der Waals surface area contributed by atoms with E-state index in [9.17, 15) is 13.6 Å². The number of hydrogen-bond donors (Lipinski definition) is 1. The molecule has 0 aliphatic carbocycles. The Morgan fingerprint density at radius 1 is 0.968 bits per heavy atom. The van der Waals surface area contributed by atoms with E-state index in [1.807, 2.05) is 23.1 Å². The lowest BCUT2D eigenvalue weighted by atomic mass is 10.1. The van der Waals surface area contributed by atoms with Crippen molar-refractivity contribution in [1.82, 2.24) is 9.80 Å². The van der Waals surface area contributed by atoms with Crippen LogP contribution in [0.4, 0.5) is 14.5 Å². The van der Waals surface area contributed by atoms with E-state index in [0.29, 0.717) is 11.5 Å². The number of piperazine rings is 1. The molecule has 7 nitrogen and oxygen atoms in total. The molecule has 0 spiro atoms. The van der Waals surface area contributed by atoms with Crippen LogP contribution in [0.15, 0.2) is 42.5 Å². The van der Waals surface area contributed by atoms with Crippen LogP contribution in [0.3, 0.4) is 0 Å². The molecule has 1 saturated heterocycles. The number of ether oxygens (including phenoxy) is 3. The van der Waals surface area contributed by atoms with E-state index < -0.39 is 6.61 Å². The summed E-state index contributed by atoms with van der Waals surface area (Å²) < 4.78 is 40.1. The van der Waals surface area contributed by atoms with E-state index in [4.69, 9.17) is 9.47 Å². The standard InChI is InChI=1S/C22H27F2N3O4/c1-29-19-8-7-16(13-20(19)30-2)14-26-9-11-27(12-10-26)15-21(28)25-17-5-3-4-6-18(17)31-22(23)24/h3-8,13,22H,9-12,14-15H2,1-2H3,(H,25,28). The van der Waals surface area contributed by atoms with Gasteiger partial charge in [-0.2, -0.15) is 8.78 Å². The molecule has 0 atom stereocenters. The van der Waals surface area contributed by atoms with Crippen molar-refractivity contribution in [2.24, 2.45) is 0 Å². The third-order valence-corrected chi connectivity index (χ3v) is 5.06. The van der Waals surface area contributed by atoms with Crippen LogP contribution in [0.5, 0.6) is 17.2 Å². The Morgan fingerprint density at radius 3 is 2.32 bits per heavy atom. The minimum Gasteiger partial charge on any atom is -0.493 e. The number of nitrogens with one attached hydrogen (secondary N) is 1. The zero-order chi connectivity index (χ0) is 22.2. The van der Waals surface area contributed by atoms with Gasteiger partial charge in [0.25, 0.3) is 0 Å². The molecular formula is C22H27F2N3O4. The molecule has 0 saturated carbocycles. The molecule has 0 aromatic heterocycles. The van der Waals surface area contributed by atoms with Gasteiger partial charge in [0.15, 0.2) is 11.5 Å². The Kier molecular flexibility index (Phi) is 8.02. The summed E-state index contributed by atoms with van der Waals surface area (Å²) in [5.41, 5.74) is 1.36. The summed E-state index contributed by atoms with van der Waals surface area (Å²) in [6.07, 6.45) is 0. The van der Waals surface area contributed by atoms with Gasteiger partial charge in [0.05, 0.1) is 26.5 Å². The maximum atomic E-state index is 12.5. The average Bonchev–Trinajstić information content (AvgIpc) is 2.76. The molecule has 2 aromatic carbocycles. The second-order valence-electron chi connectivity index (χ2n) is 7.16. The molecule has 1 aliphatic heterocycles. The molecule has 0 unspecified atom stereocenters. The van der Waals surface area contributed by atoms with Crippen molar-refractivity contribution in [3.63, 3.8) is 0 Å². The number of amides is 1. The average molecular weight is 435 g/mol. The van der Waals surface area contributed by atoms with Crippen molar-refractivity contribution >= 4 is 11.6 Å². The highest BCUT2D eigenvalue weighted by molar-refractivity contribution is 5.93. The van der Waals surface area contributed by atoms with Crippen LogP contribution in [-0.2, 0) is 11.3 Å². The van der Waals surface area contributed by atoms with Crippen LogP contribution in [0.25, 0.3) is 0 Å². The first-order valence-corrected chi connectivity index (χ1v) is 9.97. The number of halogens is 2. The van der Waals surface area contributed by atoms with Gasteiger partial charge in [-0.3, -0.25) is 14.6 Å². The normalized spacial score (nSPS) is 15.0. The van der Waals surface area contributed by atoms with Crippen molar-refractivity contribution in [2.75, 3.05) is 52.3 Å². The lowest BCUT2D eigenvalue weighted by Gasteiger charge is -2.34. The van der Waals surface area contributed by atoms with Crippen molar-refractivity contribution in [3.8, 4) is 17.2 Å². The van der Waals surface area contributed by atoms with E-state index in [1.165, 1.54) is 12.1 Å². The highest BCUT2D eigenvalue weighted by atomic mass is 19.3. The molecule has 2 aromatic rings. The van der Waals surface area contributed by atoms with Crippen LogP contribution in [0.1, 0.15) is 5.56 Å². The Labute approximate surface area is 180 Å². The van der Waals surface area contributed by atoms with Crippen LogP contribution in [0.2, 0.25) is 0 Å². The van der Waals surface area contributed by atoms with Crippen LogP contribution < -0.4 is 19.5 Å². The quantitative estimate of drug-likeness (QED) is 0.653. The second-order valence-corrected chi connectivity index (χ2v) is 7.16. The fourth-order valence-corrected chi connectivity index (χ4v) is 3.50. The van der Waals surface area contributed by atoms with Crippen molar-refractivity contribution in [3.05, 3.63) is 48.0 Å². The molecule has 0 bridgehead atoms. The lowest BCUT2D eigenvalue weighted by molar-refractivity contribution is -0.117. The minimum absolute atomic E-state index is 0.0504. The van der Waals surface area contributed by atoms with Crippen molar-refractivity contribution < 1.29 is 27.8 Å². The first-order chi connectivity index (χ1) is 15.0.